The van der Waals surface area contributed by atoms with E-state index in [2.05, 4.69) is 11.9 Å². The molecule has 1 aromatic rings. The Morgan fingerprint density at radius 2 is 2.00 bits per heavy atom. The molecule has 0 fully saturated rings. The van der Waals surface area contributed by atoms with Crippen LogP contribution in [0.1, 0.15) is 24.9 Å². The summed E-state index contributed by atoms with van der Waals surface area (Å²) in [7, 11) is 3.90. The Kier molecular flexibility index (Phi) is 5.10. The fourth-order valence-corrected chi connectivity index (χ4v) is 1.67. The van der Waals surface area contributed by atoms with Crippen molar-refractivity contribution in [2.24, 2.45) is 4.99 Å². The molecule has 0 N–H and O–H groups in total. The van der Waals surface area contributed by atoms with Crippen LogP contribution in [0, 0.1) is 0 Å². The molecule has 1 unspecified atom stereocenters. The smallest absolute Gasteiger partial charge is 0.0852 e. The van der Waals surface area contributed by atoms with Crippen LogP contribution in [0.4, 0.5) is 0 Å². The van der Waals surface area contributed by atoms with Gasteiger partial charge in [-0.1, -0.05) is 36.2 Å². The zero-order valence-corrected chi connectivity index (χ0v) is 11.3. The molecular weight excluding hydrogens is 243 g/mol. The summed E-state index contributed by atoms with van der Waals surface area (Å²) in [5.41, 5.74) is 1.09. The lowest BCUT2D eigenvalue weighted by Crippen LogP contribution is -2.09. The van der Waals surface area contributed by atoms with Crippen LogP contribution in [-0.4, -0.2) is 25.3 Å². The van der Waals surface area contributed by atoms with Gasteiger partial charge in [-0.25, -0.2) is 0 Å². The van der Waals surface area contributed by atoms with Crippen LogP contribution >= 0.6 is 23.2 Å². The van der Waals surface area contributed by atoms with Gasteiger partial charge in [-0.2, -0.15) is 0 Å². The second-order valence-corrected chi connectivity index (χ2v) is 4.64. The van der Waals surface area contributed by atoms with E-state index in [9.17, 15) is 0 Å². The molecule has 0 amide bonds. The van der Waals surface area contributed by atoms with Crippen molar-refractivity contribution in [1.29, 1.82) is 0 Å². The monoisotopic (exact) mass is 258 g/mol. The molecular formula is C12H16Cl2N2. The first-order valence-electron chi connectivity index (χ1n) is 5.19. The molecule has 1 rings (SSSR count). The molecule has 2 nitrogen and oxygen atoms in total. The van der Waals surface area contributed by atoms with Gasteiger partial charge in [-0.3, -0.25) is 4.99 Å². The average molecular weight is 259 g/mol. The molecule has 0 heterocycles. The van der Waals surface area contributed by atoms with E-state index in [-0.39, 0.29) is 6.04 Å². The first-order valence-corrected chi connectivity index (χ1v) is 5.94. The Balaban J connectivity index is 2.91. The second kappa shape index (κ2) is 6.12. The summed E-state index contributed by atoms with van der Waals surface area (Å²) in [6.45, 7) is 2.10. The van der Waals surface area contributed by atoms with Crippen LogP contribution < -0.4 is 0 Å². The third-order valence-corrected chi connectivity index (χ3v) is 2.93. The average Bonchev–Trinajstić information content (AvgIpc) is 2.23. The standard InChI is InChI=1S/C12H16Cl2N2/c1-4-12(15-8-16(2)3)9-5-6-10(13)11(14)7-9/h5-8,12H,4H2,1-3H3. The molecule has 4 heteroatoms. The number of benzene rings is 1. The van der Waals surface area contributed by atoms with Crippen molar-refractivity contribution in [3.63, 3.8) is 0 Å². The molecule has 1 aromatic carbocycles. The number of hydrogen-bond donors (Lipinski definition) is 0. The first-order chi connectivity index (χ1) is 7.54. The zero-order chi connectivity index (χ0) is 12.1. The lowest BCUT2D eigenvalue weighted by Gasteiger charge is -2.12. The van der Waals surface area contributed by atoms with Gasteiger partial charge in [0.25, 0.3) is 0 Å². The molecule has 0 saturated carbocycles. The third-order valence-electron chi connectivity index (χ3n) is 2.19. The molecule has 88 valence electrons. The molecule has 0 saturated heterocycles. The van der Waals surface area contributed by atoms with E-state index in [1.54, 1.807) is 0 Å². The summed E-state index contributed by atoms with van der Waals surface area (Å²) in [6.07, 6.45) is 2.75. The lowest BCUT2D eigenvalue weighted by atomic mass is 10.1. The maximum atomic E-state index is 5.98. The molecule has 0 radical (unpaired) electrons. The minimum Gasteiger partial charge on any atom is -0.369 e. The van der Waals surface area contributed by atoms with Gasteiger partial charge in [0.1, 0.15) is 0 Å². The highest BCUT2D eigenvalue weighted by Gasteiger charge is 2.08. The molecule has 1 atom stereocenters. The topological polar surface area (TPSA) is 15.6 Å². The number of hydrogen-bond acceptors (Lipinski definition) is 1. The maximum absolute atomic E-state index is 5.98. The van der Waals surface area contributed by atoms with Crippen molar-refractivity contribution in [1.82, 2.24) is 4.90 Å². The van der Waals surface area contributed by atoms with Crippen molar-refractivity contribution in [2.45, 2.75) is 19.4 Å². The minimum absolute atomic E-state index is 0.136. The molecule has 16 heavy (non-hydrogen) atoms. The minimum atomic E-state index is 0.136. The lowest BCUT2D eigenvalue weighted by molar-refractivity contribution is 0.618. The molecule has 0 bridgehead atoms. The Hall–Kier alpha value is -0.730. The summed E-state index contributed by atoms with van der Waals surface area (Å²) in [6, 6.07) is 5.80. The molecule has 0 aliphatic heterocycles. The molecule has 0 spiro atoms. The van der Waals surface area contributed by atoms with Crippen LogP contribution in [0.15, 0.2) is 23.2 Å². The fourth-order valence-electron chi connectivity index (χ4n) is 1.36. The quantitative estimate of drug-likeness (QED) is 0.588. The highest BCUT2D eigenvalue weighted by molar-refractivity contribution is 6.42. The number of rotatable bonds is 4. The van der Waals surface area contributed by atoms with Crippen LogP contribution in [-0.2, 0) is 0 Å². The summed E-state index contributed by atoms with van der Waals surface area (Å²) in [5.74, 6) is 0. The Morgan fingerprint density at radius 1 is 1.31 bits per heavy atom. The van der Waals surface area contributed by atoms with E-state index in [4.69, 9.17) is 23.2 Å². The van der Waals surface area contributed by atoms with Crippen LogP contribution in [0.2, 0.25) is 10.0 Å². The van der Waals surface area contributed by atoms with Gasteiger partial charge in [0.05, 0.1) is 22.4 Å². The molecule has 0 aromatic heterocycles. The van der Waals surface area contributed by atoms with E-state index in [0.29, 0.717) is 10.0 Å². The highest BCUT2D eigenvalue weighted by Crippen LogP contribution is 2.28. The maximum Gasteiger partial charge on any atom is 0.0852 e. The van der Waals surface area contributed by atoms with Crippen molar-refractivity contribution in [2.75, 3.05) is 14.1 Å². The Labute approximate surface area is 107 Å². The van der Waals surface area contributed by atoms with Gasteiger partial charge in [0.15, 0.2) is 0 Å². The van der Waals surface area contributed by atoms with Gasteiger partial charge < -0.3 is 4.90 Å². The van der Waals surface area contributed by atoms with E-state index in [1.807, 2.05) is 43.5 Å². The summed E-state index contributed by atoms with van der Waals surface area (Å²) in [4.78, 5) is 6.40. The number of nitrogens with zero attached hydrogens (tertiary/aromatic N) is 2. The van der Waals surface area contributed by atoms with E-state index < -0.39 is 0 Å². The van der Waals surface area contributed by atoms with Crippen molar-refractivity contribution >= 4 is 29.5 Å². The predicted molar refractivity (Wildman–Crippen MR) is 71.7 cm³/mol. The zero-order valence-electron chi connectivity index (χ0n) is 9.74. The summed E-state index contributed by atoms with van der Waals surface area (Å²) < 4.78 is 0. The van der Waals surface area contributed by atoms with Crippen molar-refractivity contribution in [3.8, 4) is 0 Å². The molecule has 0 aliphatic carbocycles. The third kappa shape index (κ3) is 3.69. The van der Waals surface area contributed by atoms with E-state index in [0.717, 1.165) is 12.0 Å². The van der Waals surface area contributed by atoms with Gasteiger partial charge >= 0.3 is 0 Å². The van der Waals surface area contributed by atoms with Gasteiger partial charge in [0.2, 0.25) is 0 Å². The van der Waals surface area contributed by atoms with E-state index in [1.165, 1.54) is 0 Å². The molecule has 0 aliphatic rings. The van der Waals surface area contributed by atoms with Crippen molar-refractivity contribution in [3.05, 3.63) is 33.8 Å². The SMILES string of the molecule is CCC(N=CN(C)C)c1ccc(Cl)c(Cl)c1. The van der Waals surface area contributed by atoms with Gasteiger partial charge in [0, 0.05) is 14.1 Å². The number of aliphatic imine (C=N–C) groups is 1. The predicted octanol–water partition coefficient (Wildman–Crippen LogP) is 4.03. The van der Waals surface area contributed by atoms with Crippen molar-refractivity contribution < 1.29 is 0 Å². The van der Waals surface area contributed by atoms with Crippen LogP contribution in [0.3, 0.4) is 0 Å². The largest absolute Gasteiger partial charge is 0.369 e. The summed E-state index contributed by atoms with van der Waals surface area (Å²) >= 11 is 11.9. The highest BCUT2D eigenvalue weighted by atomic mass is 35.5. The number of halogens is 2. The van der Waals surface area contributed by atoms with Crippen LogP contribution in [0.5, 0.6) is 0 Å². The van der Waals surface area contributed by atoms with Gasteiger partial charge in [-0.15, -0.1) is 0 Å². The first kappa shape index (κ1) is 13.3. The van der Waals surface area contributed by atoms with Crippen LogP contribution in [0.25, 0.3) is 0 Å². The Bertz CT molecular complexity index is 375. The summed E-state index contributed by atoms with van der Waals surface area (Å²) in [5, 5.41) is 1.16. The second-order valence-electron chi connectivity index (χ2n) is 3.83. The fraction of sp³-hybridized carbons (Fsp3) is 0.417. The normalized spacial score (nSPS) is 13.1. The van der Waals surface area contributed by atoms with E-state index >= 15 is 0 Å². The van der Waals surface area contributed by atoms with Gasteiger partial charge in [-0.05, 0) is 24.1 Å². The Morgan fingerprint density at radius 3 is 2.50 bits per heavy atom.